The Hall–Kier alpha value is -4.09. The molecule has 0 spiro atoms. The minimum Gasteiger partial charge on any atom is -0.480 e. The highest BCUT2D eigenvalue weighted by Crippen LogP contribution is 2.06. The summed E-state index contributed by atoms with van der Waals surface area (Å²) >= 11 is 0. The zero-order valence-corrected chi connectivity index (χ0v) is 32.1. The second kappa shape index (κ2) is 26.7. The number of rotatable bonds is 28. The fourth-order valence-electron chi connectivity index (χ4n) is 4.34. The van der Waals surface area contributed by atoms with Crippen LogP contribution in [0.1, 0.15) is 33.6 Å². The zero-order chi connectivity index (χ0) is 43.1. The van der Waals surface area contributed by atoms with Gasteiger partial charge in [-0.2, -0.15) is 16.8 Å². The Morgan fingerprint density at radius 2 is 0.964 bits per heavy atom. The van der Waals surface area contributed by atoms with Crippen molar-refractivity contribution >= 4 is 61.8 Å². The highest BCUT2D eigenvalue weighted by atomic mass is 32.2. The second-order valence-electron chi connectivity index (χ2n) is 11.8. The third kappa shape index (κ3) is 28.0. The number of nitrogens with zero attached hydrogens (tertiary/aromatic N) is 3. The van der Waals surface area contributed by atoms with Crippen LogP contribution in [0.3, 0.4) is 0 Å². The Morgan fingerprint density at radius 1 is 0.600 bits per heavy atom. The molecule has 0 saturated carbocycles. The molecule has 0 aromatic rings. The number of hydrogen-bond donors (Lipinski definition) is 11. The molecule has 0 aliphatic rings. The van der Waals surface area contributed by atoms with Gasteiger partial charge in [-0.25, -0.2) is 0 Å². The first-order valence-corrected chi connectivity index (χ1v) is 19.6. The molecule has 11 N–H and O–H groups in total. The smallest absolute Gasteiger partial charge is 0.317 e. The SMILES string of the molecule is CCC(O)CN(CCNC(=O)C(CS(=O)(=O)O)N(CC(=O)O)CC(=O)O)C(C)=O.CCC(O)CNCCNC(=O)C(CS(=O)(=O)O)N(CC(=O)O)CC(=O)O. The molecule has 0 saturated heterocycles. The standard InChI is InChI=1S/C15H27N3O10S.C13H25N3O9S/c1-3-11(20)6-17(10(2)19)5-4-16-15(25)12(9-29(26,27)28)18(7-13(21)22)8-14(23)24;1-2-9(17)5-14-3-4-15-13(22)10(8-26(23,24)25)16(6-11(18)19)7-12(20)21/h11-12,20H,3-9H2,1-2H3,(H,16,25)(H,21,22)(H,23,24)(H,26,27,28);9-10,14,17H,2-8H2,1H3,(H,15,22)(H,18,19)(H,20,21)(H,23,24,25). The van der Waals surface area contributed by atoms with Crippen molar-refractivity contribution < 1.29 is 90.1 Å². The van der Waals surface area contributed by atoms with Gasteiger partial charge >= 0.3 is 23.9 Å². The lowest BCUT2D eigenvalue weighted by atomic mass is 10.2. The summed E-state index contributed by atoms with van der Waals surface area (Å²) in [6.45, 7) is 1.38. The van der Waals surface area contributed by atoms with E-state index < -0.39 is 118 Å². The summed E-state index contributed by atoms with van der Waals surface area (Å²) in [5.74, 6) is -10.7. The van der Waals surface area contributed by atoms with Gasteiger partial charge in [0.05, 0.1) is 49.9 Å². The number of hydrogen-bond acceptors (Lipinski definition) is 16. The van der Waals surface area contributed by atoms with Crippen molar-refractivity contribution in [1.82, 2.24) is 30.7 Å². The van der Waals surface area contributed by atoms with Crippen molar-refractivity contribution in [1.29, 1.82) is 0 Å². The number of carboxylic acid groups (broad SMARTS) is 4. The molecule has 0 aromatic heterocycles. The van der Waals surface area contributed by atoms with Crippen LogP contribution in [-0.2, 0) is 53.8 Å². The van der Waals surface area contributed by atoms with Crippen molar-refractivity contribution in [3.63, 3.8) is 0 Å². The molecule has 0 rings (SSSR count). The summed E-state index contributed by atoms with van der Waals surface area (Å²) < 4.78 is 62.7. The summed E-state index contributed by atoms with van der Waals surface area (Å²) in [5.41, 5.74) is 0. The quantitative estimate of drug-likeness (QED) is 0.0259. The van der Waals surface area contributed by atoms with E-state index in [1.54, 1.807) is 13.8 Å². The van der Waals surface area contributed by atoms with E-state index in [1.165, 1.54) is 11.8 Å². The molecule has 0 fully saturated rings. The average molecular weight is 841 g/mol. The molecule has 0 aliphatic heterocycles. The Bertz CT molecular complexity index is 1470. The average Bonchev–Trinajstić information content (AvgIpc) is 3.02. The van der Waals surface area contributed by atoms with Crippen LogP contribution in [0.2, 0.25) is 0 Å². The van der Waals surface area contributed by atoms with Gasteiger partial charge in [0, 0.05) is 46.2 Å². The summed E-state index contributed by atoms with van der Waals surface area (Å²) in [4.78, 5) is 82.2. The Morgan fingerprint density at radius 3 is 1.27 bits per heavy atom. The van der Waals surface area contributed by atoms with Crippen LogP contribution < -0.4 is 16.0 Å². The van der Waals surface area contributed by atoms with Crippen LogP contribution >= 0.6 is 0 Å². The number of carbonyl (C=O) groups is 7. The van der Waals surface area contributed by atoms with Gasteiger partial charge in [0.15, 0.2) is 0 Å². The lowest BCUT2D eigenvalue weighted by Gasteiger charge is -2.28. The van der Waals surface area contributed by atoms with Crippen molar-refractivity contribution in [2.24, 2.45) is 0 Å². The number of amides is 3. The number of aliphatic hydroxyl groups excluding tert-OH is 2. The Kier molecular flexibility index (Phi) is 25.7. The molecular weight excluding hydrogens is 788 g/mol. The van der Waals surface area contributed by atoms with Crippen LogP contribution in [0.25, 0.3) is 0 Å². The molecule has 0 aliphatic carbocycles. The first kappa shape index (κ1) is 53.0. The summed E-state index contributed by atoms with van der Waals surface area (Å²) in [6.07, 6.45) is -0.399. The van der Waals surface area contributed by atoms with E-state index in [9.17, 15) is 60.6 Å². The van der Waals surface area contributed by atoms with Gasteiger partial charge in [-0.15, -0.1) is 0 Å². The van der Waals surface area contributed by atoms with Crippen molar-refractivity contribution in [3.05, 3.63) is 0 Å². The van der Waals surface area contributed by atoms with Gasteiger partial charge in [-0.05, 0) is 12.8 Å². The summed E-state index contributed by atoms with van der Waals surface area (Å²) in [7, 11) is -9.42. The molecule has 320 valence electrons. The van der Waals surface area contributed by atoms with E-state index in [2.05, 4.69) is 16.0 Å². The van der Waals surface area contributed by atoms with Crippen LogP contribution in [0, 0.1) is 0 Å². The molecule has 27 heteroatoms. The first-order chi connectivity index (χ1) is 25.2. The van der Waals surface area contributed by atoms with E-state index in [0.717, 1.165) is 0 Å². The molecule has 4 unspecified atom stereocenters. The highest BCUT2D eigenvalue weighted by molar-refractivity contribution is 7.86. The van der Waals surface area contributed by atoms with Crippen molar-refractivity contribution in [2.45, 2.75) is 57.9 Å². The Labute approximate surface area is 317 Å². The predicted octanol–water partition coefficient (Wildman–Crippen LogP) is -5.36. The lowest BCUT2D eigenvalue weighted by molar-refractivity contribution is -0.146. The fraction of sp³-hybridized carbons (Fsp3) is 0.750. The van der Waals surface area contributed by atoms with E-state index in [1.807, 2.05) is 0 Å². The molecule has 25 nitrogen and oxygen atoms in total. The van der Waals surface area contributed by atoms with E-state index in [-0.39, 0.29) is 45.2 Å². The molecule has 55 heavy (non-hydrogen) atoms. The number of carboxylic acids is 4. The molecule has 0 bridgehead atoms. The second-order valence-corrected chi connectivity index (χ2v) is 14.8. The third-order valence-corrected chi connectivity index (χ3v) is 8.53. The largest absolute Gasteiger partial charge is 0.480 e. The monoisotopic (exact) mass is 840 g/mol. The van der Waals surface area contributed by atoms with Gasteiger partial charge in [-0.1, -0.05) is 13.8 Å². The van der Waals surface area contributed by atoms with E-state index in [0.29, 0.717) is 22.6 Å². The highest BCUT2D eigenvalue weighted by Gasteiger charge is 2.34. The molecular formula is C28H52N6O19S2. The van der Waals surface area contributed by atoms with Crippen LogP contribution in [0.15, 0.2) is 0 Å². The number of carbonyl (C=O) groups excluding carboxylic acids is 3. The minimum absolute atomic E-state index is 0.0142. The number of nitrogens with one attached hydrogen (secondary N) is 3. The predicted molar refractivity (Wildman–Crippen MR) is 188 cm³/mol. The van der Waals surface area contributed by atoms with Gasteiger partial charge in [0.1, 0.15) is 12.1 Å². The van der Waals surface area contributed by atoms with Crippen LogP contribution in [-0.4, -0.2) is 214 Å². The van der Waals surface area contributed by atoms with Gasteiger partial charge in [-0.3, -0.25) is 52.5 Å². The molecule has 3 amide bonds. The van der Waals surface area contributed by atoms with Crippen molar-refractivity contribution in [2.75, 3.05) is 77.0 Å². The number of aliphatic hydroxyl groups is 2. The van der Waals surface area contributed by atoms with Crippen molar-refractivity contribution in [3.8, 4) is 0 Å². The summed E-state index contributed by atoms with van der Waals surface area (Å²) in [5, 5.41) is 61.9. The molecule has 0 aromatic carbocycles. The van der Waals surface area contributed by atoms with Gasteiger partial charge in [0.2, 0.25) is 17.7 Å². The minimum atomic E-state index is -4.75. The molecule has 0 radical (unpaired) electrons. The third-order valence-electron chi connectivity index (χ3n) is 7.06. The fourth-order valence-corrected chi connectivity index (χ4v) is 5.86. The zero-order valence-electron chi connectivity index (χ0n) is 30.4. The lowest BCUT2D eigenvalue weighted by Crippen LogP contribution is -2.54. The number of aliphatic carboxylic acids is 4. The van der Waals surface area contributed by atoms with E-state index >= 15 is 0 Å². The van der Waals surface area contributed by atoms with Crippen LogP contribution in [0.5, 0.6) is 0 Å². The van der Waals surface area contributed by atoms with Gasteiger partial charge < -0.3 is 51.5 Å². The normalized spacial score (nSPS) is 13.8. The maximum Gasteiger partial charge on any atom is 0.317 e. The van der Waals surface area contributed by atoms with E-state index in [4.69, 9.17) is 29.5 Å². The van der Waals surface area contributed by atoms with Gasteiger partial charge in [0.25, 0.3) is 20.2 Å². The maximum atomic E-state index is 12.4. The summed E-state index contributed by atoms with van der Waals surface area (Å²) in [6, 6.07) is -3.48. The molecule has 4 atom stereocenters. The Balaban J connectivity index is 0. The first-order valence-electron chi connectivity index (χ1n) is 16.4. The molecule has 0 heterocycles. The van der Waals surface area contributed by atoms with Crippen LogP contribution in [0.4, 0.5) is 0 Å². The topological polar surface area (TPSA) is 395 Å². The maximum absolute atomic E-state index is 12.4.